The van der Waals surface area contributed by atoms with E-state index in [0.29, 0.717) is 4.57 Å². The Morgan fingerprint density at radius 1 is 1.29 bits per heavy atom. The van der Waals surface area contributed by atoms with Crippen LogP contribution in [-0.2, 0) is 16.3 Å². The van der Waals surface area contributed by atoms with E-state index in [-0.39, 0.29) is 5.59 Å². The molecule has 17 heavy (non-hydrogen) atoms. The van der Waals surface area contributed by atoms with Gasteiger partial charge >= 0.3 is 7.12 Å². The standard InChI is InChI=1S/C11H17BN2O3/c1-10(2)11(3,4)17-12(16-10)8-6-13-7-9(15)14(8)5/h6-7H,1-5H3/i5D3. The van der Waals surface area contributed by atoms with Crippen LogP contribution in [-0.4, -0.2) is 27.9 Å². The Bertz CT molecular complexity index is 567. The quantitative estimate of drug-likeness (QED) is 0.651. The van der Waals surface area contributed by atoms with Gasteiger partial charge in [0.1, 0.15) is 0 Å². The fraction of sp³-hybridized carbons (Fsp3) is 0.636. The number of hydrogen-bond acceptors (Lipinski definition) is 4. The summed E-state index contributed by atoms with van der Waals surface area (Å²) in [6, 6.07) is 0. The summed E-state index contributed by atoms with van der Waals surface area (Å²) in [7, 11) is -0.943. The molecule has 6 heteroatoms. The Balaban J connectivity index is 2.52. The smallest absolute Gasteiger partial charge is 0.398 e. The van der Waals surface area contributed by atoms with Crippen molar-refractivity contribution in [3.8, 4) is 0 Å². The normalized spacial score (nSPS) is 25.2. The van der Waals surface area contributed by atoms with Crippen LogP contribution in [0.5, 0.6) is 0 Å². The molecule has 0 aliphatic carbocycles. The highest BCUT2D eigenvalue weighted by Crippen LogP contribution is 2.36. The van der Waals surface area contributed by atoms with Gasteiger partial charge in [0.05, 0.1) is 23.0 Å². The minimum atomic E-state index is -2.61. The average Bonchev–Trinajstić information content (AvgIpc) is 2.46. The maximum Gasteiger partial charge on any atom is 0.514 e. The van der Waals surface area contributed by atoms with Gasteiger partial charge in [0.15, 0.2) is 0 Å². The van der Waals surface area contributed by atoms with Crippen molar-refractivity contribution in [2.45, 2.75) is 38.9 Å². The van der Waals surface area contributed by atoms with Gasteiger partial charge in [-0.1, -0.05) is 0 Å². The lowest BCUT2D eigenvalue weighted by Gasteiger charge is -2.32. The van der Waals surface area contributed by atoms with E-state index >= 15 is 0 Å². The van der Waals surface area contributed by atoms with Gasteiger partial charge in [-0.25, -0.2) is 0 Å². The molecular weight excluding hydrogens is 219 g/mol. The van der Waals surface area contributed by atoms with Crippen molar-refractivity contribution in [2.75, 3.05) is 0 Å². The summed E-state index contributed by atoms with van der Waals surface area (Å²) in [5, 5.41) is 0. The first-order valence-corrected chi connectivity index (χ1v) is 5.39. The molecule has 0 spiro atoms. The second-order valence-electron chi connectivity index (χ2n) is 5.09. The van der Waals surface area contributed by atoms with Crippen LogP contribution in [0.15, 0.2) is 17.2 Å². The van der Waals surface area contributed by atoms with E-state index in [1.807, 2.05) is 27.7 Å². The Morgan fingerprint density at radius 3 is 2.41 bits per heavy atom. The SMILES string of the molecule is [2H]C([2H])([2H])n1c(B2OC(C)(C)C(C)(C)O2)cncc1=O. The zero-order chi connectivity index (χ0) is 15.3. The molecule has 0 unspecified atom stereocenters. The maximum atomic E-state index is 11.8. The Kier molecular flexibility index (Phi) is 1.92. The minimum Gasteiger partial charge on any atom is -0.398 e. The van der Waals surface area contributed by atoms with Gasteiger partial charge in [-0.05, 0) is 27.7 Å². The highest BCUT2D eigenvalue weighted by Gasteiger charge is 2.52. The van der Waals surface area contributed by atoms with Gasteiger partial charge in [0, 0.05) is 17.3 Å². The van der Waals surface area contributed by atoms with Gasteiger partial charge in [0.2, 0.25) is 0 Å². The Hall–Kier alpha value is -1.14. The third-order valence-corrected chi connectivity index (χ3v) is 3.37. The van der Waals surface area contributed by atoms with Crippen LogP contribution in [0.1, 0.15) is 31.8 Å². The van der Waals surface area contributed by atoms with Crippen LogP contribution in [0.2, 0.25) is 0 Å². The lowest BCUT2D eigenvalue weighted by molar-refractivity contribution is 0.00578. The third-order valence-electron chi connectivity index (χ3n) is 3.37. The van der Waals surface area contributed by atoms with E-state index in [2.05, 4.69) is 4.98 Å². The molecule has 0 amide bonds. The summed E-state index contributed by atoms with van der Waals surface area (Å²) < 4.78 is 34.6. The van der Waals surface area contributed by atoms with E-state index in [9.17, 15) is 4.79 Å². The molecule has 2 rings (SSSR count). The highest BCUT2D eigenvalue weighted by atomic mass is 16.7. The highest BCUT2D eigenvalue weighted by molar-refractivity contribution is 6.61. The monoisotopic (exact) mass is 239 g/mol. The second kappa shape index (κ2) is 3.68. The molecule has 1 fully saturated rings. The molecule has 1 saturated heterocycles. The van der Waals surface area contributed by atoms with Crippen LogP contribution in [0.4, 0.5) is 0 Å². The van der Waals surface area contributed by atoms with E-state index in [1.165, 1.54) is 6.20 Å². The first-order valence-electron chi connectivity index (χ1n) is 6.89. The van der Waals surface area contributed by atoms with Crippen LogP contribution >= 0.6 is 0 Å². The number of nitrogens with zero attached hydrogens (tertiary/aromatic N) is 2. The number of rotatable bonds is 1. The summed E-state index contributed by atoms with van der Waals surface area (Å²) in [4.78, 5) is 15.6. The predicted molar refractivity (Wildman–Crippen MR) is 65.2 cm³/mol. The van der Waals surface area contributed by atoms with Crippen LogP contribution < -0.4 is 11.2 Å². The molecule has 1 aliphatic heterocycles. The van der Waals surface area contributed by atoms with E-state index < -0.39 is 30.9 Å². The molecule has 0 aromatic carbocycles. The van der Waals surface area contributed by atoms with Crippen LogP contribution in [0.3, 0.4) is 0 Å². The van der Waals surface area contributed by atoms with Crippen LogP contribution in [0, 0.1) is 0 Å². The molecule has 1 aromatic rings. The van der Waals surface area contributed by atoms with E-state index in [1.54, 1.807) is 0 Å². The summed E-state index contributed by atoms with van der Waals surface area (Å²) >= 11 is 0. The summed E-state index contributed by atoms with van der Waals surface area (Å²) in [5.41, 5.74) is -1.86. The lowest BCUT2D eigenvalue weighted by Crippen LogP contribution is -2.44. The molecule has 0 radical (unpaired) electrons. The first kappa shape index (κ1) is 8.88. The largest absolute Gasteiger partial charge is 0.514 e. The first-order chi connectivity index (χ1) is 8.96. The third kappa shape index (κ3) is 1.91. The van der Waals surface area contributed by atoms with Gasteiger partial charge in [-0.3, -0.25) is 9.78 Å². The van der Waals surface area contributed by atoms with Gasteiger partial charge in [-0.2, -0.15) is 0 Å². The molecular formula is C11H17BN2O3. The minimum absolute atomic E-state index is 0.0937. The molecule has 0 saturated carbocycles. The van der Waals surface area contributed by atoms with Crippen molar-refractivity contribution in [3.63, 3.8) is 0 Å². The molecule has 0 N–H and O–H groups in total. The fourth-order valence-corrected chi connectivity index (χ4v) is 1.55. The zero-order valence-electron chi connectivity index (χ0n) is 13.4. The van der Waals surface area contributed by atoms with Gasteiger partial charge in [0.25, 0.3) is 5.56 Å². The van der Waals surface area contributed by atoms with E-state index in [0.717, 1.165) is 6.20 Å². The topological polar surface area (TPSA) is 53.4 Å². The molecule has 1 aromatic heterocycles. The van der Waals surface area contributed by atoms with E-state index in [4.69, 9.17) is 13.4 Å². The predicted octanol–water partition coefficient (Wildman–Crippen LogP) is 0.0795. The second-order valence-corrected chi connectivity index (χ2v) is 5.09. The van der Waals surface area contributed by atoms with Crippen molar-refractivity contribution in [1.82, 2.24) is 9.55 Å². The van der Waals surface area contributed by atoms with Crippen molar-refractivity contribution in [2.24, 2.45) is 6.98 Å². The summed E-state index contributed by atoms with van der Waals surface area (Å²) in [6.45, 7) is 4.78. The summed E-state index contributed by atoms with van der Waals surface area (Å²) in [5.74, 6) is 0. The molecule has 0 atom stereocenters. The Labute approximate surface area is 105 Å². The molecule has 1 aliphatic rings. The van der Waals surface area contributed by atoms with Crippen molar-refractivity contribution < 1.29 is 13.4 Å². The number of hydrogen-bond donors (Lipinski definition) is 0. The van der Waals surface area contributed by atoms with Crippen molar-refractivity contribution in [1.29, 1.82) is 0 Å². The van der Waals surface area contributed by atoms with Crippen LogP contribution in [0.25, 0.3) is 0 Å². The molecule has 5 nitrogen and oxygen atoms in total. The average molecular weight is 239 g/mol. The molecule has 92 valence electrons. The van der Waals surface area contributed by atoms with Gasteiger partial charge in [-0.15, -0.1) is 0 Å². The van der Waals surface area contributed by atoms with Gasteiger partial charge < -0.3 is 13.9 Å². The summed E-state index contributed by atoms with van der Waals surface area (Å²) in [6.07, 6.45) is 2.25. The molecule has 2 heterocycles. The lowest BCUT2D eigenvalue weighted by atomic mass is 9.85. The zero-order valence-corrected chi connectivity index (χ0v) is 10.4. The molecule has 0 bridgehead atoms. The van der Waals surface area contributed by atoms with Crippen molar-refractivity contribution in [3.05, 3.63) is 22.7 Å². The maximum absolute atomic E-state index is 11.8. The van der Waals surface area contributed by atoms with Crippen molar-refractivity contribution >= 4 is 12.7 Å². The number of aromatic nitrogens is 2. The Morgan fingerprint density at radius 2 is 1.88 bits per heavy atom. The fourth-order valence-electron chi connectivity index (χ4n) is 1.55.